The summed E-state index contributed by atoms with van der Waals surface area (Å²) in [4.78, 5) is 42.9. The number of rotatable bonds is 6. The van der Waals surface area contributed by atoms with Gasteiger partial charge in [-0.2, -0.15) is 13.2 Å². The standard InChI is InChI=1S/C21H21ClF3N7O2/c1-2-26-19(33)14-7-16(32-5-3-4-15(32)20(34)29-10-21(23,24)25)31-18(30-14)13-9-28-17-12(13)6-11(22)8-27-17/h6-9,15H,2-5,10H2,1H3,(H,26,33)(H,27,28)(H,29,34)/t15-/m1/s1. The fourth-order valence-electron chi connectivity index (χ4n) is 3.85. The third kappa shape index (κ3) is 5.06. The van der Waals surface area contributed by atoms with E-state index in [0.29, 0.717) is 47.6 Å². The molecule has 1 atom stereocenters. The van der Waals surface area contributed by atoms with Crippen molar-refractivity contribution < 1.29 is 22.8 Å². The number of carbonyl (C=O) groups is 2. The Labute approximate surface area is 197 Å². The molecule has 4 heterocycles. The molecule has 0 aliphatic carbocycles. The fourth-order valence-corrected chi connectivity index (χ4v) is 4.01. The molecular formula is C21H21ClF3N7O2. The maximum absolute atomic E-state index is 12.6. The summed E-state index contributed by atoms with van der Waals surface area (Å²) >= 11 is 6.09. The summed E-state index contributed by atoms with van der Waals surface area (Å²) < 4.78 is 37.8. The third-order valence-corrected chi connectivity index (χ3v) is 5.54. The first-order valence-electron chi connectivity index (χ1n) is 10.6. The molecule has 0 bridgehead atoms. The minimum Gasteiger partial charge on any atom is -0.351 e. The fraction of sp³-hybridized carbons (Fsp3) is 0.381. The zero-order chi connectivity index (χ0) is 24.5. The van der Waals surface area contributed by atoms with E-state index in [0.717, 1.165) is 0 Å². The van der Waals surface area contributed by atoms with Gasteiger partial charge in [-0.1, -0.05) is 11.6 Å². The van der Waals surface area contributed by atoms with Crippen LogP contribution in [0.25, 0.3) is 22.4 Å². The number of aromatic nitrogens is 4. The Morgan fingerprint density at radius 1 is 1.26 bits per heavy atom. The number of halogens is 4. The Hall–Kier alpha value is -3.41. The van der Waals surface area contributed by atoms with Crippen molar-refractivity contribution in [2.75, 3.05) is 24.5 Å². The molecule has 3 aromatic heterocycles. The van der Waals surface area contributed by atoms with Crippen LogP contribution in [0.2, 0.25) is 5.02 Å². The molecule has 0 aromatic carbocycles. The number of amides is 2. The van der Waals surface area contributed by atoms with E-state index in [1.54, 1.807) is 24.1 Å². The molecule has 1 saturated heterocycles. The second kappa shape index (κ2) is 9.45. The number of hydrogen-bond donors (Lipinski definition) is 3. The Kier molecular flexibility index (Phi) is 6.60. The van der Waals surface area contributed by atoms with Crippen LogP contribution in [0, 0.1) is 0 Å². The van der Waals surface area contributed by atoms with Crippen molar-refractivity contribution in [3.8, 4) is 11.4 Å². The average Bonchev–Trinajstić information content (AvgIpc) is 3.44. The highest BCUT2D eigenvalue weighted by Crippen LogP contribution is 2.31. The zero-order valence-corrected chi connectivity index (χ0v) is 18.8. The molecule has 1 aliphatic rings. The predicted molar refractivity (Wildman–Crippen MR) is 120 cm³/mol. The molecule has 1 fully saturated rings. The lowest BCUT2D eigenvalue weighted by Gasteiger charge is -2.25. The molecule has 34 heavy (non-hydrogen) atoms. The summed E-state index contributed by atoms with van der Waals surface area (Å²) in [5, 5.41) is 5.64. The molecule has 4 rings (SSSR count). The van der Waals surface area contributed by atoms with Crippen LogP contribution in [0.15, 0.2) is 24.5 Å². The first kappa shape index (κ1) is 23.7. The largest absolute Gasteiger partial charge is 0.405 e. The van der Waals surface area contributed by atoms with Crippen molar-refractivity contribution in [2.45, 2.75) is 32.0 Å². The number of nitrogens with one attached hydrogen (secondary N) is 3. The Morgan fingerprint density at radius 2 is 2.06 bits per heavy atom. The van der Waals surface area contributed by atoms with Crippen LogP contribution in [0.3, 0.4) is 0 Å². The SMILES string of the molecule is CCNC(=O)c1cc(N2CCC[C@@H]2C(=O)NCC(F)(F)F)nc(-c2c[nH]c3ncc(Cl)cc23)n1. The van der Waals surface area contributed by atoms with Crippen molar-refractivity contribution in [2.24, 2.45) is 0 Å². The Balaban J connectivity index is 1.74. The van der Waals surface area contributed by atoms with E-state index in [2.05, 4.69) is 25.3 Å². The number of pyridine rings is 1. The van der Waals surface area contributed by atoms with Gasteiger partial charge in [0.1, 0.15) is 29.7 Å². The Bertz CT molecular complexity index is 1230. The van der Waals surface area contributed by atoms with Crippen LogP contribution in [0.4, 0.5) is 19.0 Å². The molecule has 3 N–H and O–H groups in total. The van der Waals surface area contributed by atoms with Crippen molar-refractivity contribution in [3.05, 3.63) is 35.2 Å². The van der Waals surface area contributed by atoms with Crippen LogP contribution in [-0.2, 0) is 4.79 Å². The Morgan fingerprint density at radius 3 is 2.79 bits per heavy atom. The van der Waals surface area contributed by atoms with Crippen LogP contribution in [0.5, 0.6) is 0 Å². The molecule has 9 nitrogen and oxygen atoms in total. The van der Waals surface area contributed by atoms with Crippen LogP contribution < -0.4 is 15.5 Å². The lowest BCUT2D eigenvalue weighted by atomic mass is 10.2. The van der Waals surface area contributed by atoms with Gasteiger partial charge < -0.3 is 20.5 Å². The van der Waals surface area contributed by atoms with Gasteiger partial charge in [-0.25, -0.2) is 15.0 Å². The monoisotopic (exact) mass is 495 g/mol. The van der Waals surface area contributed by atoms with Gasteiger partial charge in [-0.3, -0.25) is 9.59 Å². The van der Waals surface area contributed by atoms with Crippen LogP contribution in [-0.4, -0.2) is 63.6 Å². The number of carbonyl (C=O) groups excluding carboxylic acids is 2. The van der Waals surface area contributed by atoms with Crippen molar-refractivity contribution in [3.63, 3.8) is 0 Å². The molecule has 0 unspecified atom stereocenters. The van der Waals surface area contributed by atoms with Crippen molar-refractivity contribution in [1.29, 1.82) is 0 Å². The molecule has 0 spiro atoms. The summed E-state index contributed by atoms with van der Waals surface area (Å²) in [7, 11) is 0. The van der Waals surface area contributed by atoms with E-state index in [1.165, 1.54) is 12.3 Å². The molecular weight excluding hydrogens is 475 g/mol. The number of nitrogens with zero attached hydrogens (tertiary/aromatic N) is 4. The minimum atomic E-state index is -4.52. The second-order valence-corrected chi connectivity index (χ2v) is 8.17. The first-order valence-corrected chi connectivity index (χ1v) is 11.0. The van der Waals surface area contributed by atoms with E-state index in [9.17, 15) is 22.8 Å². The number of alkyl halides is 3. The van der Waals surface area contributed by atoms with E-state index in [-0.39, 0.29) is 17.3 Å². The van der Waals surface area contributed by atoms with Gasteiger partial charge >= 0.3 is 6.18 Å². The lowest BCUT2D eigenvalue weighted by molar-refractivity contribution is -0.139. The maximum Gasteiger partial charge on any atom is 0.405 e. The van der Waals surface area contributed by atoms with Gasteiger partial charge in [0.2, 0.25) is 5.91 Å². The van der Waals surface area contributed by atoms with Gasteiger partial charge in [0.25, 0.3) is 5.91 Å². The highest BCUT2D eigenvalue weighted by molar-refractivity contribution is 6.31. The summed E-state index contributed by atoms with van der Waals surface area (Å²) in [5.74, 6) is -0.742. The maximum atomic E-state index is 12.6. The summed E-state index contributed by atoms with van der Waals surface area (Å²) in [6, 6.07) is 2.26. The summed E-state index contributed by atoms with van der Waals surface area (Å²) in [6.07, 6.45) is -0.474. The van der Waals surface area contributed by atoms with Gasteiger partial charge in [0.15, 0.2) is 5.82 Å². The summed E-state index contributed by atoms with van der Waals surface area (Å²) in [6.45, 7) is 1.09. The quantitative estimate of drug-likeness (QED) is 0.484. The van der Waals surface area contributed by atoms with E-state index in [4.69, 9.17) is 11.6 Å². The van der Waals surface area contributed by atoms with Gasteiger partial charge in [-0.15, -0.1) is 0 Å². The van der Waals surface area contributed by atoms with Crippen molar-refractivity contribution in [1.82, 2.24) is 30.6 Å². The van der Waals surface area contributed by atoms with Gasteiger partial charge in [0, 0.05) is 42.5 Å². The number of H-pyrrole nitrogens is 1. The zero-order valence-electron chi connectivity index (χ0n) is 18.0. The molecule has 13 heteroatoms. The van der Waals surface area contributed by atoms with Gasteiger partial charge in [0.05, 0.1) is 5.02 Å². The molecule has 0 saturated carbocycles. The van der Waals surface area contributed by atoms with Crippen LogP contribution in [0.1, 0.15) is 30.3 Å². The van der Waals surface area contributed by atoms with E-state index >= 15 is 0 Å². The molecule has 1 aliphatic heterocycles. The topological polar surface area (TPSA) is 116 Å². The minimum absolute atomic E-state index is 0.0625. The molecule has 0 radical (unpaired) electrons. The lowest BCUT2D eigenvalue weighted by Crippen LogP contribution is -2.46. The predicted octanol–water partition coefficient (Wildman–Crippen LogP) is 3.07. The highest BCUT2D eigenvalue weighted by Gasteiger charge is 2.35. The molecule has 2 amide bonds. The van der Waals surface area contributed by atoms with Crippen molar-refractivity contribution >= 4 is 40.3 Å². The smallest absolute Gasteiger partial charge is 0.351 e. The third-order valence-electron chi connectivity index (χ3n) is 5.33. The highest BCUT2D eigenvalue weighted by atomic mass is 35.5. The number of fused-ring (bicyclic) bond motifs is 1. The average molecular weight is 496 g/mol. The van der Waals surface area contributed by atoms with Crippen LogP contribution >= 0.6 is 11.6 Å². The molecule has 3 aromatic rings. The summed E-state index contributed by atoms with van der Waals surface area (Å²) in [5.41, 5.74) is 1.14. The number of aromatic amines is 1. The van der Waals surface area contributed by atoms with E-state index in [1.807, 2.05) is 5.32 Å². The molecule has 180 valence electrons. The number of anilines is 1. The van der Waals surface area contributed by atoms with E-state index < -0.39 is 30.6 Å². The normalized spacial score (nSPS) is 16.1. The van der Waals surface area contributed by atoms with Gasteiger partial charge in [-0.05, 0) is 25.8 Å². The second-order valence-electron chi connectivity index (χ2n) is 7.73. The first-order chi connectivity index (χ1) is 16.2. The number of hydrogen-bond acceptors (Lipinski definition) is 6.